The summed E-state index contributed by atoms with van der Waals surface area (Å²) in [6.45, 7) is 2.79. The molecule has 2 bridgehead atoms. The van der Waals surface area contributed by atoms with Gasteiger partial charge in [-0.25, -0.2) is 4.39 Å². The van der Waals surface area contributed by atoms with Crippen molar-refractivity contribution in [3.8, 4) is 0 Å². The quantitative estimate of drug-likeness (QED) is 0.175. The van der Waals surface area contributed by atoms with Crippen molar-refractivity contribution < 1.29 is 23.8 Å². The summed E-state index contributed by atoms with van der Waals surface area (Å²) >= 11 is 3.65. The number of aliphatic hydroxyl groups excluding tert-OH is 1. The Balaban J connectivity index is 1.77. The Labute approximate surface area is 211 Å². The molecular weight excluding hydrogens is 499 g/mol. The lowest BCUT2D eigenvalue weighted by molar-refractivity contribution is -0.140. The minimum absolute atomic E-state index is 0.0816. The standard InChI is InChI=1S/C28H38BrFO4/c1-3-4-7-11-25(31)24(29)17-22-23(10-8-5-6-9-12-27(32)33-2)28(18-26(22)34-19-28)20-13-15-21(30)16-14-20/h5,8,13-17,22-23,25-26,31H,3-4,6-7,9-12,18-19H2,1-2H3/t22-,23-,25-,26-,28-/m0/s1. The largest absolute Gasteiger partial charge is 0.469 e. The molecule has 3 rings (SSSR count). The predicted molar refractivity (Wildman–Crippen MR) is 136 cm³/mol. The van der Waals surface area contributed by atoms with Crippen LogP contribution >= 0.6 is 15.9 Å². The molecule has 5 atom stereocenters. The summed E-state index contributed by atoms with van der Waals surface area (Å²) in [7, 11) is 1.41. The van der Waals surface area contributed by atoms with Crippen LogP contribution in [0.1, 0.15) is 70.3 Å². The van der Waals surface area contributed by atoms with Crippen LogP contribution < -0.4 is 0 Å². The highest BCUT2D eigenvalue weighted by Crippen LogP contribution is 2.57. The van der Waals surface area contributed by atoms with Gasteiger partial charge < -0.3 is 14.6 Å². The van der Waals surface area contributed by atoms with Crippen LogP contribution in [0, 0.1) is 17.7 Å². The molecule has 0 spiro atoms. The van der Waals surface area contributed by atoms with Crippen LogP contribution in [-0.2, 0) is 19.7 Å². The van der Waals surface area contributed by atoms with Gasteiger partial charge in [0.2, 0.25) is 0 Å². The molecule has 1 saturated carbocycles. The number of methoxy groups -OCH3 is 1. The number of benzene rings is 1. The van der Waals surface area contributed by atoms with Gasteiger partial charge >= 0.3 is 5.97 Å². The molecule has 188 valence electrons. The Kier molecular flexibility index (Phi) is 10.3. The zero-order valence-electron chi connectivity index (χ0n) is 20.3. The van der Waals surface area contributed by atoms with Crippen molar-refractivity contribution in [1.29, 1.82) is 0 Å². The Hall–Kier alpha value is -1.50. The smallest absolute Gasteiger partial charge is 0.305 e. The average molecular weight is 538 g/mol. The topological polar surface area (TPSA) is 55.8 Å². The highest BCUT2D eigenvalue weighted by molar-refractivity contribution is 9.11. The third-order valence-electron chi connectivity index (χ3n) is 7.43. The van der Waals surface area contributed by atoms with Crippen LogP contribution in [0.15, 0.2) is 47.0 Å². The van der Waals surface area contributed by atoms with E-state index in [2.05, 4.69) is 41.1 Å². The number of rotatable bonds is 13. The molecule has 0 amide bonds. The van der Waals surface area contributed by atoms with Gasteiger partial charge in [0.15, 0.2) is 0 Å². The highest BCUT2D eigenvalue weighted by Gasteiger charge is 2.58. The number of carbonyl (C=O) groups excluding carboxylic acids is 1. The van der Waals surface area contributed by atoms with Gasteiger partial charge in [0.1, 0.15) is 5.82 Å². The van der Waals surface area contributed by atoms with E-state index in [9.17, 15) is 14.3 Å². The second-order valence-electron chi connectivity index (χ2n) is 9.64. The van der Waals surface area contributed by atoms with Gasteiger partial charge in [-0.15, -0.1) is 0 Å². The van der Waals surface area contributed by atoms with Gasteiger partial charge in [0.05, 0.1) is 25.9 Å². The second-order valence-corrected chi connectivity index (χ2v) is 10.6. The molecule has 1 aromatic carbocycles. The van der Waals surface area contributed by atoms with E-state index < -0.39 is 6.10 Å². The van der Waals surface area contributed by atoms with Crippen molar-refractivity contribution in [1.82, 2.24) is 0 Å². The third kappa shape index (κ3) is 6.58. The number of allylic oxidation sites excluding steroid dienone is 2. The fraction of sp³-hybridized carbons (Fsp3) is 0.607. The lowest BCUT2D eigenvalue weighted by Crippen LogP contribution is -2.39. The maximum atomic E-state index is 13.7. The number of carbonyl (C=O) groups is 1. The molecule has 4 nitrogen and oxygen atoms in total. The summed E-state index contributed by atoms with van der Waals surface area (Å²) in [5, 5.41) is 10.7. The van der Waals surface area contributed by atoms with Crippen LogP contribution in [0.25, 0.3) is 0 Å². The first-order valence-corrected chi connectivity index (χ1v) is 13.3. The number of hydrogen-bond acceptors (Lipinski definition) is 4. The number of ether oxygens (including phenoxy) is 2. The van der Waals surface area contributed by atoms with Gasteiger partial charge in [-0.1, -0.05) is 72.5 Å². The highest BCUT2D eigenvalue weighted by atomic mass is 79.9. The fourth-order valence-corrected chi connectivity index (χ4v) is 6.05. The van der Waals surface area contributed by atoms with E-state index in [1.165, 1.54) is 19.2 Å². The number of aliphatic hydroxyl groups is 1. The van der Waals surface area contributed by atoms with Gasteiger partial charge in [0, 0.05) is 22.2 Å². The van der Waals surface area contributed by atoms with Crippen LogP contribution in [-0.4, -0.2) is 37.0 Å². The Morgan fingerprint density at radius 3 is 2.76 bits per heavy atom. The first kappa shape index (κ1) is 27.1. The molecule has 1 saturated heterocycles. The number of unbranched alkanes of at least 4 members (excludes halogenated alkanes) is 3. The maximum Gasteiger partial charge on any atom is 0.305 e. The molecule has 2 aliphatic rings. The van der Waals surface area contributed by atoms with Crippen molar-refractivity contribution in [3.05, 3.63) is 58.4 Å². The minimum Gasteiger partial charge on any atom is -0.469 e. The van der Waals surface area contributed by atoms with Crippen molar-refractivity contribution >= 4 is 21.9 Å². The molecule has 6 heteroatoms. The van der Waals surface area contributed by atoms with Gasteiger partial charge in [-0.3, -0.25) is 4.79 Å². The summed E-state index contributed by atoms with van der Waals surface area (Å²) in [5.74, 6) is 0.0317. The number of esters is 1. The molecule has 1 heterocycles. The molecule has 1 aliphatic carbocycles. The molecule has 2 fully saturated rings. The van der Waals surface area contributed by atoms with E-state index in [4.69, 9.17) is 9.47 Å². The number of halogens is 2. The second kappa shape index (κ2) is 13.0. The molecule has 1 aliphatic heterocycles. The van der Waals surface area contributed by atoms with Gasteiger partial charge in [-0.05, 0) is 55.7 Å². The van der Waals surface area contributed by atoms with E-state index in [1.807, 2.05) is 12.1 Å². The third-order valence-corrected chi connectivity index (χ3v) is 8.22. The maximum absolute atomic E-state index is 13.7. The van der Waals surface area contributed by atoms with Crippen LogP contribution in [0.5, 0.6) is 0 Å². The van der Waals surface area contributed by atoms with Crippen LogP contribution in [0.4, 0.5) is 4.39 Å². The van der Waals surface area contributed by atoms with Crippen LogP contribution in [0.2, 0.25) is 0 Å². The first-order valence-electron chi connectivity index (χ1n) is 12.6. The lowest BCUT2D eigenvalue weighted by Gasteiger charge is -2.38. The molecule has 34 heavy (non-hydrogen) atoms. The average Bonchev–Trinajstić information content (AvgIpc) is 3.40. The molecule has 1 N–H and O–H groups in total. The zero-order valence-corrected chi connectivity index (χ0v) is 21.9. The van der Waals surface area contributed by atoms with E-state index in [0.29, 0.717) is 13.0 Å². The summed E-state index contributed by atoms with van der Waals surface area (Å²) in [5.41, 5.74) is 0.951. The van der Waals surface area contributed by atoms with E-state index in [1.54, 1.807) is 0 Å². The number of fused-ring (bicyclic) bond motifs is 2. The first-order chi connectivity index (χ1) is 16.4. The van der Waals surface area contributed by atoms with Crippen molar-refractivity contribution in [2.45, 2.75) is 82.3 Å². The molecule has 0 unspecified atom stereocenters. The Morgan fingerprint density at radius 2 is 2.06 bits per heavy atom. The normalized spacial score (nSPS) is 27.4. The molecule has 0 radical (unpaired) electrons. The molecular formula is C28H38BrFO4. The fourth-order valence-electron chi connectivity index (χ4n) is 5.52. The molecule has 1 aromatic rings. The molecule has 0 aromatic heterocycles. The monoisotopic (exact) mass is 536 g/mol. The SMILES string of the molecule is CCCCC[C@H](O)C(Br)=C[C@@H]1[C@@H]2C[C@@](c3ccc(F)cc3)(CO2)[C@H]1CC=CCCCC(=O)OC. The van der Waals surface area contributed by atoms with E-state index in [0.717, 1.165) is 61.4 Å². The van der Waals surface area contributed by atoms with E-state index >= 15 is 0 Å². The van der Waals surface area contributed by atoms with Crippen LogP contribution in [0.3, 0.4) is 0 Å². The van der Waals surface area contributed by atoms with Gasteiger partial charge in [0.25, 0.3) is 0 Å². The lowest BCUT2D eigenvalue weighted by atomic mass is 9.69. The summed E-state index contributed by atoms with van der Waals surface area (Å²) < 4.78 is 25.4. The summed E-state index contributed by atoms with van der Waals surface area (Å²) in [6, 6.07) is 6.87. The summed E-state index contributed by atoms with van der Waals surface area (Å²) in [4.78, 5) is 11.3. The number of hydrogen-bond donors (Lipinski definition) is 1. The van der Waals surface area contributed by atoms with Crippen molar-refractivity contribution in [2.24, 2.45) is 11.8 Å². The predicted octanol–water partition coefficient (Wildman–Crippen LogP) is 6.61. The zero-order chi connectivity index (χ0) is 24.6. The minimum atomic E-state index is -0.498. The summed E-state index contributed by atoms with van der Waals surface area (Å²) in [6.07, 6.45) is 13.9. The van der Waals surface area contributed by atoms with Crippen molar-refractivity contribution in [2.75, 3.05) is 13.7 Å². The van der Waals surface area contributed by atoms with Crippen molar-refractivity contribution in [3.63, 3.8) is 0 Å². The Morgan fingerprint density at radius 1 is 1.29 bits per heavy atom. The van der Waals surface area contributed by atoms with Gasteiger partial charge in [-0.2, -0.15) is 0 Å². The van der Waals surface area contributed by atoms with E-state index in [-0.39, 0.29) is 35.1 Å². The Bertz CT molecular complexity index is 852.